The van der Waals surface area contributed by atoms with Gasteiger partial charge in [-0.05, 0) is 23.8 Å². The maximum absolute atomic E-state index is 12.9. The number of hydrogen-bond acceptors (Lipinski definition) is 2. The maximum Gasteiger partial charge on any atom is 0.198 e. The lowest BCUT2D eigenvalue weighted by molar-refractivity contribution is 0.603. The van der Waals surface area contributed by atoms with Crippen LogP contribution in [0.3, 0.4) is 0 Å². The molecule has 0 saturated carbocycles. The summed E-state index contributed by atoms with van der Waals surface area (Å²) in [7, 11) is -5.45. The van der Waals surface area contributed by atoms with Crippen LogP contribution in [0.1, 0.15) is 5.56 Å². The highest BCUT2D eigenvalue weighted by Crippen LogP contribution is 2.29. The summed E-state index contributed by atoms with van der Waals surface area (Å²) < 4.78 is 26.5. The molecule has 0 radical (unpaired) electrons. The summed E-state index contributed by atoms with van der Waals surface area (Å²) in [5, 5.41) is 0. The molecule has 0 saturated heterocycles. The second-order valence-electron chi connectivity index (χ2n) is 5.99. The largest absolute Gasteiger partial charge is 0.219 e. The molecule has 110 valence electrons. The molecule has 0 amide bonds. The van der Waals surface area contributed by atoms with Crippen molar-refractivity contribution in [3.63, 3.8) is 0 Å². The van der Waals surface area contributed by atoms with Crippen LogP contribution in [0.15, 0.2) is 70.1 Å². The second kappa shape index (κ2) is 5.99. The zero-order valence-electron chi connectivity index (χ0n) is 12.6. The average molecular weight is 316 g/mol. The van der Waals surface area contributed by atoms with E-state index in [9.17, 15) is 8.42 Å². The number of hydrogen-bond donors (Lipinski definition) is 0. The fourth-order valence-corrected chi connectivity index (χ4v) is 7.36. The molecule has 0 aliphatic carbocycles. The molecular weight excluding hydrogens is 296 g/mol. The summed E-state index contributed by atoms with van der Waals surface area (Å²) in [6, 6.07) is 18.3. The van der Waals surface area contributed by atoms with Crippen molar-refractivity contribution in [2.45, 2.75) is 24.5 Å². The summed E-state index contributed by atoms with van der Waals surface area (Å²) in [4.78, 5) is 0.370. The van der Waals surface area contributed by atoms with Gasteiger partial charge in [-0.15, -0.1) is 0 Å². The van der Waals surface area contributed by atoms with Gasteiger partial charge in [0.15, 0.2) is 9.84 Å². The van der Waals surface area contributed by atoms with Crippen molar-refractivity contribution in [3.05, 3.63) is 70.8 Å². The smallest absolute Gasteiger partial charge is 0.198 e. The first-order chi connectivity index (χ1) is 9.82. The van der Waals surface area contributed by atoms with Gasteiger partial charge in [-0.25, -0.2) is 8.42 Å². The van der Waals surface area contributed by atoms with Gasteiger partial charge < -0.3 is 0 Å². The van der Waals surface area contributed by atoms with Gasteiger partial charge in [-0.3, -0.25) is 0 Å². The quantitative estimate of drug-likeness (QED) is 0.785. The van der Waals surface area contributed by atoms with Gasteiger partial charge in [0.1, 0.15) is 0 Å². The normalized spacial score (nSPS) is 13.2. The van der Waals surface area contributed by atoms with E-state index in [1.54, 1.807) is 24.3 Å². The van der Waals surface area contributed by atoms with E-state index in [1.165, 1.54) is 0 Å². The zero-order chi connectivity index (χ0) is 15.5. The molecule has 2 aromatic rings. The lowest BCUT2D eigenvalue weighted by Gasteiger charge is -2.21. The molecule has 2 rings (SSSR count). The molecule has 4 heteroatoms. The predicted molar refractivity (Wildman–Crippen MR) is 91.4 cm³/mol. The minimum Gasteiger partial charge on any atom is -0.219 e. The Balaban J connectivity index is 2.60. The average Bonchev–Trinajstić information content (AvgIpc) is 2.45. The number of sulfone groups is 1. The molecular formula is C17H20O2SSi. The van der Waals surface area contributed by atoms with Crippen LogP contribution in [-0.4, -0.2) is 16.5 Å². The van der Waals surface area contributed by atoms with Gasteiger partial charge in [0, 0.05) is 4.53 Å². The van der Waals surface area contributed by atoms with Crippen LogP contribution in [0.4, 0.5) is 0 Å². The lowest BCUT2D eigenvalue weighted by atomic mass is 10.2. The SMILES string of the molecule is C[Si](C)(C)/C(=C\c1ccccc1)S(=O)(=O)c1ccccc1. The first kappa shape index (κ1) is 15.7. The highest BCUT2D eigenvalue weighted by Gasteiger charge is 2.32. The summed E-state index contributed by atoms with van der Waals surface area (Å²) in [6.45, 7) is 6.17. The van der Waals surface area contributed by atoms with Gasteiger partial charge in [0.25, 0.3) is 0 Å². The summed E-state index contributed by atoms with van der Waals surface area (Å²) in [6.07, 6.45) is 1.83. The van der Waals surface area contributed by atoms with Gasteiger partial charge in [0.05, 0.1) is 13.0 Å². The molecule has 21 heavy (non-hydrogen) atoms. The summed E-state index contributed by atoms with van der Waals surface area (Å²) in [5.74, 6) is 0. The van der Waals surface area contributed by atoms with Gasteiger partial charge in [-0.2, -0.15) is 0 Å². The Morgan fingerprint density at radius 1 is 0.857 bits per heavy atom. The molecule has 0 aromatic heterocycles. The maximum atomic E-state index is 12.9. The molecule has 0 aliphatic rings. The lowest BCUT2D eigenvalue weighted by Crippen LogP contribution is -2.29. The van der Waals surface area contributed by atoms with E-state index in [0.29, 0.717) is 9.42 Å². The third kappa shape index (κ3) is 3.71. The Bertz CT molecular complexity index is 727. The van der Waals surface area contributed by atoms with Crippen molar-refractivity contribution in [2.75, 3.05) is 0 Å². The standard InChI is InChI=1S/C17H20O2SSi/c1-21(2,3)17(14-15-10-6-4-7-11-15)20(18,19)16-12-8-5-9-13-16/h4-14H,1-3H3/b17-14-. The highest BCUT2D eigenvalue weighted by atomic mass is 32.2. The highest BCUT2D eigenvalue weighted by molar-refractivity contribution is 7.97. The molecule has 0 bridgehead atoms. The Labute approximate surface area is 128 Å². The van der Waals surface area contributed by atoms with Gasteiger partial charge in [-0.1, -0.05) is 68.2 Å². The third-order valence-electron chi connectivity index (χ3n) is 3.18. The Hall–Kier alpha value is -1.65. The molecule has 0 fully saturated rings. The fraction of sp³-hybridized carbons (Fsp3) is 0.176. The Morgan fingerprint density at radius 3 is 1.81 bits per heavy atom. The Morgan fingerprint density at radius 2 is 1.33 bits per heavy atom. The van der Waals surface area contributed by atoms with Crippen LogP contribution < -0.4 is 0 Å². The second-order valence-corrected chi connectivity index (χ2v) is 13.3. The van der Waals surface area contributed by atoms with Crippen LogP contribution in [0.2, 0.25) is 19.6 Å². The van der Waals surface area contributed by atoms with Crippen molar-refractivity contribution < 1.29 is 8.42 Å². The van der Waals surface area contributed by atoms with E-state index in [1.807, 2.05) is 42.5 Å². The van der Waals surface area contributed by atoms with Gasteiger partial charge in [0.2, 0.25) is 0 Å². The van der Waals surface area contributed by atoms with Gasteiger partial charge >= 0.3 is 0 Å². The first-order valence-electron chi connectivity index (χ1n) is 6.89. The molecule has 0 heterocycles. The van der Waals surface area contributed by atoms with Crippen LogP contribution >= 0.6 is 0 Å². The number of rotatable bonds is 4. The Kier molecular flexibility index (Phi) is 4.49. The van der Waals surface area contributed by atoms with E-state index in [0.717, 1.165) is 5.56 Å². The fourth-order valence-electron chi connectivity index (χ4n) is 2.12. The van der Waals surface area contributed by atoms with E-state index < -0.39 is 17.9 Å². The molecule has 0 unspecified atom stereocenters. The minimum absolute atomic E-state index is 0.370. The van der Waals surface area contributed by atoms with E-state index in [2.05, 4.69) is 19.6 Å². The molecule has 0 N–H and O–H groups in total. The van der Waals surface area contributed by atoms with Crippen molar-refractivity contribution in [1.29, 1.82) is 0 Å². The number of benzene rings is 2. The monoisotopic (exact) mass is 316 g/mol. The molecule has 2 aromatic carbocycles. The van der Waals surface area contributed by atoms with Crippen LogP contribution in [0, 0.1) is 0 Å². The van der Waals surface area contributed by atoms with Crippen molar-refractivity contribution >= 4 is 24.0 Å². The van der Waals surface area contributed by atoms with Crippen molar-refractivity contribution in [1.82, 2.24) is 0 Å². The predicted octanol–water partition coefficient (Wildman–Crippen LogP) is 4.38. The van der Waals surface area contributed by atoms with E-state index in [-0.39, 0.29) is 0 Å². The van der Waals surface area contributed by atoms with E-state index in [4.69, 9.17) is 0 Å². The van der Waals surface area contributed by atoms with Crippen LogP contribution in [0.5, 0.6) is 0 Å². The molecule has 0 spiro atoms. The molecule has 0 aliphatic heterocycles. The van der Waals surface area contributed by atoms with E-state index >= 15 is 0 Å². The summed E-state index contributed by atoms with van der Waals surface area (Å²) >= 11 is 0. The third-order valence-corrected chi connectivity index (χ3v) is 9.04. The van der Waals surface area contributed by atoms with Crippen molar-refractivity contribution in [3.8, 4) is 0 Å². The first-order valence-corrected chi connectivity index (χ1v) is 11.9. The minimum atomic E-state index is -3.43. The van der Waals surface area contributed by atoms with Crippen LogP contribution in [-0.2, 0) is 9.84 Å². The molecule has 0 atom stereocenters. The topological polar surface area (TPSA) is 34.1 Å². The molecule has 2 nitrogen and oxygen atoms in total. The summed E-state index contributed by atoms with van der Waals surface area (Å²) in [5.41, 5.74) is 0.925. The van der Waals surface area contributed by atoms with Crippen molar-refractivity contribution in [2.24, 2.45) is 0 Å². The zero-order valence-corrected chi connectivity index (χ0v) is 14.4. The van der Waals surface area contributed by atoms with Crippen LogP contribution in [0.25, 0.3) is 6.08 Å².